The first kappa shape index (κ1) is 91.1. The average molecular weight is 1370 g/mol. The summed E-state index contributed by atoms with van der Waals surface area (Å²) in [6, 6.07) is 0. The zero-order valence-electron chi connectivity index (χ0n) is 60.9. The van der Waals surface area contributed by atoms with E-state index in [4.69, 9.17) is 37.0 Å². The molecule has 0 saturated carbocycles. The summed E-state index contributed by atoms with van der Waals surface area (Å²) < 4.78 is 68.4. The van der Waals surface area contributed by atoms with Crippen molar-refractivity contribution in [1.82, 2.24) is 0 Å². The minimum Gasteiger partial charge on any atom is -0.462 e. The number of esters is 4. The third-order valence-electron chi connectivity index (χ3n) is 17.4. The molecule has 0 spiro atoms. The number of rotatable bonds is 71. The summed E-state index contributed by atoms with van der Waals surface area (Å²) in [5, 5.41) is 10.6. The van der Waals surface area contributed by atoms with E-state index in [-0.39, 0.29) is 25.7 Å². The number of ether oxygens (including phenoxy) is 4. The lowest BCUT2D eigenvalue weighted by molar-refractivity contribution is -0.161. The molecule has 3 unspecified atom stereocenters. The molecule has 0 fully saturated rings. The highest BCUT2D eigenvalue weighted by molar-refractivity contribution is 7.47. The monoisotopic (exact) mass is 1370 g/mol. The van der Waals surface area contributed by atoms with E-state index in [1.54, 1.807) is 0 Å². The number of unbranched alkanes of at least 4 members (excludes halogenated alkanes) is 36. The minimum atomic E-state index is -4.96. The Morgan fingerprint density at radius 3 is 0.763 bits per heavy atom. The minimum absolute atomic E-state index is 0.105. The van der Waals surface area contributed by atoms with E-state index in [9.17, 15) is 43.2 Å². The van der Waals surface area contributed by atoms with Gasteiger partial charge in [-0.1, -0.05) is 319 Å². The van der Waals surface area contributed by atoms with Gasteiger partial charge in [-0.15, -0.1) is 0 Å². The molecule has 0 aromatic heterocycles. The van der Waals surface area contributed by atoms with Crippen molar-refractivity contribution in [3.63, 3.8) is 0 Å². The Morgan fingerprint density at radius 2 is 0.516 bits per heavy atom. The third-order valence-corrected chi connectivity index (χ3v) is 19.3. The normalized spacial score (nSPS) is 14.5. The number of hydrogen-bond donors (Lipinski definition) is 3. The Labute approximate surface area is 568 Å². The molecular formula is C74H144O17P2. The highest BCUT2D eigenvalue weighted by atomic mass is 31.2. The fourth-order valence-corrected chi connectivity index (χ4v) is 12.7. The molecule has 0 bridgehead atoms. The van der Waals surface area contributed by atoms with Gasteiger partial charge < -0.3 is 33.8 Å². The summed E-state index contributed by atoms with van der Waals surface area (Å²) in [5.41, 5.74) is 0. The Morgan fingerprint density at radius 1 is 0.301 bits per heavy atom. The van der Waals surface area contributed by atoms with Gasteiger partial charge in [-0.05, 0) is 49.4 Å². The van der Waals surface area contributed by atoms with Crippen molar-refractivity contribution in [2.45, 2.75) is 388 Å². The second kappa shape index (κ2) is 63.5. The SMILES string of the molecule is CCC(C)CCCCCCCCC(=O)OC[C@H](COP(=O)(O)OC[C@H](O)COP(=O)(O)OC[C@@H](COC(=O)CCCCCCCCCCCC(C)C)OC(=O)CCCCCCCCCCCCCCCCC(C)C)OC(=O)CCCCCCCCCCCCCC(C)C. The number of aliphatic hydroxyl groups is 1. The molecule has 0 aliphatic carbocycles. The topological polar surface area (TPSA) is 237 Å². The van der Waals surface area contributed by atoms with Gasteiger partial charge in [-0.3, -0.25) is 37.3 Å². The lowest BCUT2D eigenvalue weighted by atomic mass is 10.00. The molecule has 0 aliphatic heterocycles. The molecule has 3 N–H and O–H groups in total. The van der Waals surface area contributed by atoms with Crippen LogP contribution in [-0.2, 0) is 65.4 Å². The van der Waals surface area contributed by atoms with Crippen LogP contribution in [0.4, 0.5) is 0 Å². The molecule has 0 aromatic carbocycles. The molecule has 6 atom stereocenters. The maximum absolute atomic E-state index is 13.1. The van der Waals surface area contributed by atoms with Gasteiger partial charge in [0.25, 0.3) is 0 Å². The predicted octanol–water partition coefficient (Wildman–Crippen LogP) is 21.3. The van der Waals surface area contributed by atoms with Crippen LogP contribution in [0, 0.1) is 23.7 Å². The van der Waals surface area contributed by atoms with Gasteiger partial charge in [0.05, 0.1) is 26.4 Å². The second-order valence-corrected chi connectivity index (χ2v) is 31.3. The number of phosphoric ester groups is 2. The van der Waals surface area contributed by atoms with E-state index < -0.39 is 97.5 Å². The van der Waals surface area contributed by atoms with Crippen LogP contribution in [0.15, 0.2) is 0 Å². The first-order valence-corrected chi connectivity index (χ1v) is 41.2. The fourth-order valence-electron chi connectivity index (χ4n) is 11.2. The van der Waals surface area contributed by atoms with Crippen LogP contribution in [0.25, 0.3) is 0 Å². The molecular weight excluding hydrogens is 1220 g/mol. The standard InChI is InChI=1S/C74H144O17P2/c1-9-67(8)53-45-37-32-33-39-47-55-72(77)85-61-70(91-74(79)57-49-41-31-24-18-14-16-21-27-35-43-51-65(4)5)63-89-93(82,83)87-59-68(75)58-86-92(80,81)88-62-69(60-84-71(76)54-46-38-29-25-19-22-28-36-44-52-66(6)7)90-73(78)56-48-40-30-23-17-13-11-10-12-15-20-26-34-42-50-64(2)3/h64-70,75H,9-63H2,1-8H3,(H,80,81)(H,82,83)/t67?,68-,69-,70-/m1/s1. The lowest BCUT2D eigenvalue weighted by Crippen LogP contribution is -2.30. The van der Waals surface area contributed by atoms with Gasteiger partial charge >= 0.3 is 39.5 Å². The van der Waals surface area contributed by atoms with E-state index in [1.807, 2.05) is 0 Å². The van der Waals surface area contributed by atoms with Gasteiger partial charge in [0, 0.05) is 25.7 Å². The van der Waals surface area contributed by atoms with Gasteiger partial charge in [0.1, 0.15) is 19.3 Å². The predicted molar refractivity (Wildman–Crippen MR) is 377 cm³/mol. The quantitative estimate of drug-likeness (QED) is 0.0222. The van der Waals surface area contributed by atoms with Crippen molar-refractivity contribution in [3.05, 3.63) is 0 Å². The first-order valence-electron chi connectivity index (χ1n) is 38.2. The number of carbonyl (C=O) groups excluding carboxylic acids is 4. The summed E-state index contributed by atoms with van der Waals surface area (Å²) in [7, 11) is -9.91. The third kappa shape index (κ3) is 67.0. The van der Waals surface area contributed by atoms with Crippen LogP contribution in [0.2, 0.25) is 0 Å². The van der Waals surface area contributed by atoms with E-state index in [1.165, 1.54) is 167 Å². The van der Waals surface area contributed by atoms with Crippen molar-refractivity contribution in [2.24, 2.45) is 23.7 Å². The first-order chi connectivity index (χ1) is 44.6. The molecule has 0 saturated heterocycles. The van der Waals surface area contributed by atoms with Crippen molar-refractivity contribution < 1.29 is 80.2 Å². The second-order valence-electron chi connectivity index (χ2n) is 28.4. The summed E-state index contributed by atoms with van der Waals surface area (Å²) in [6.07, 6.45) is 47.2. The molecule has 0 amide bonds. The lowest BCUT2D eigenvalue weighted by Gasteiger charge is -2.21. The molecule has 17 nitrogen and oxygen atoms in total. The molecule has 93 heavy (non-hydrogen) atoms. The van der Waals surface area contributed by atoms with Crippen molar-refractivity contribution in [1.29, 1.82) is 0 Å². The maximum atomic E-state index is 13.1. The van der Waals surface area contributed by atoms with E-state index >= 15 is 0 Å². The Hall–Kier alpha value is -1.94. The Kier molecular flexibility index (Phi) is 62.2. The van der Waals surface area contributed by atoms with Crippen LogP contribution in [0.5, 0.6) is 0 Å². The smallest absolute Gasteiger partial charge is 0.462 e. The molecule has 552 valence electrons. The van der Waals surface area contributed by atoms with Crippen LogP contribution in [-0.4, -0.2) is 96.7 Å². The summed E-state index contributed by atoms with van der Waals surface area (Å²) in [5.74, 6) is 0.911. The number of hydrogen-bond acceptors (Lipinski definition) is 15. The zero-order chi connectivity index (χ0) is 68.9. The van der Waals surface area contributed by atoms with E-state index in [2.05, 4.69) is 55.4 Å². The highest BCUT2D eigenvalue weighted by Gasteiger charge is 2.30. The van der Waals surface area contributed by atoms with Crippen LogP contribution >= 0.6 is 15.6 Å². The van der Waals surface area contributed by atoms with Crippen LogP contribution < -0.4 is 0 Å². The van der Waals surface area contributed by atoms with Crippen LogP contribution in [0.1, 0.15) is 370 Å². The van der Waals surface area contributed by atoms with Gasteiger partial charge in [-0.2, -0.15) is 0 Å². The number of aliphatic hydroxyl groups excluding tert-OH is 1. The van der Waals surface area contributed by atoms with Crippen LogP contribution in [0.3, 0.4) is 0 Å². The van der Waals surface area contributed by atoms with E-state index in [0.717, 1.165) is 120 Å². The van der Waals surface area contributed by atoms with Crippen molar-refractivity contribution in [3.8, 4) is 0 Å². The summed E-state index contributed by atoms with van der Waals surface area (Å²) >= 11 is 0. The molecule has 0 aromatic rings. The van der Waals surface area contributed by atoms with E-state index in [0.29, 0.717) is 25.7 Å². The Bertz CT molecular complexity index is 1840. The summed E-state index contributed by atoms with van der Waals surface area (Å²) in [4.78, 5) is 72.7. The Balaban J connectivity index is 5.25. The van der Waals surface area contributed by atoms with Gasteiger partial charge in [0.2, 0.25) is 0 Å². The molecule has 19 heteroatoms. The fraction of sp³-hybridized carbons (Fsp3) is 0.946. The number of carbonyl (C=O) groups is 4. The number of phosphoric acid groups is 2. The zero-order valence-corrected chi connectivity index (χ0v) is 62.7. The molecule has 0 radical (unpaired) electrons. The van der Waals surface area contributed by atoms with Crippen molar-refractivity contribution in [2.75, 3.05) is 39.6 Å². The van der Waals surface area contributed by atoms with Crippen molar-refractivity contribution >= 4 is 39.5 Å². The van der Waals surface area contributed by atoms with Gasteiger partial charge in [-0.25, -0.2) is 9.13 Å². The average Bonchev–Trinajstić information content (AvgIpc) is 1.95. The van der Waals surface area contributed by atoms with Gasteiger partial charge in [0.15, 0.2) is 12.2 Å². The summed E-state index contributed by atoms with van der Waals surface area (Å²) in [6.45, 7) is 14.2. The highest BCUT2D eigenvalue weighted by Crippen LogP contribution is 2.45. The molecule has 0 aliphatic rings. The largest absolute Gasteiger partial charge is 0.472 e. The molecule has 0 rings (SSSR count). The maximum Gasteiger partial charge on any atom is 0.472 e. The molecule has 0 heterocycles.